The van der Waals surface area contributed by atoms with Gasteiger partial charge in [0.05, 0.1) is 5.39 Å². The zero-order valence-electron chi connectivity index (χ0n) is 9.63. The first-order chi connectivity index (χ1) is 9.24. The molecule has 1 aromatic carbocycles. The topological polar surface area (TPSA) is 54.9 Å². The molecule has 1 amide bonds. The zero-order valence-corrected chi connectivity index (χ0v) is 11.2. The van der Waals surface area contributed by atoms with Gasteiger partial charge in [-0.15, -0.1) is 11.3 Å². The van der Waals surface area contributed by atoms with Gasteiger partial charge < -0.3 is 5.32 Å². The van der Waals surface area contributed by atoms with Gasteiger partial charge in [-0.05, 0) is 29.6 Å². The van der Waals surface area contributed by atoms with Crippen molar-refractivity contribution in [3.63, 3.8) is 0 Å². The lowest BCUT2D eigenvalue weighted by Gasteiger charge is -2.05. The van der Waals surface area contributed by atoms with Crippen molar-refractivity contribution in [3.05, 3.63) is 52.6 Å². The predicted octanol–water partition coefficient (Wildman–Crippen LogP) is 3.60. The first-order valence-electron chi connectivity index (χ1n) is 5.49. The van der Waals surface area contributed by atoms with Crippen molar-refractivity contribution in [2.24, 2.45) is 0 Å². The van der Waals surface area contributed by atoms with E-state index in [0.717, 1.165) is 10.2 Å². The van der Waals surface area contributed by atoms with Crippen molar-refractivity contribution in [3.8, 4) is 0 Å². The summed E-state index contributed by atoms with van der Waals surface area (Å²) in [5.74, 6) is 0.268. The third-order valence-corrected chi connectivity index (χ3v) is 3.64. The second-order valence-corrected chi connectivity index (χ2v) is 5.16. The SMILES string of the molecule is O=C(Nc1ncnc2sccc12)c1cccc(Cl)c1. The maximum absolute atomic E-state index is 12.1. The number of fused-ring (bicyclic) bond motifs is 1. The Morgan fingerprint density at radius 2 is 2.16 bits per heavy atom. The number of thiophene rings is 1. The third kappa shape index (κ3) is 2.43. The highest BCUT2D eigenvalue weighted by atomic mass is 35.5. The van der Waals surface area contributed by atoms with Gasteiger partial charge in [-0.3, -0.25) is 4.79 Å². The minimum atomic E-state index is -0.242. The maximum atomic E-state index is 12.1. The van der Waals surface area contributed by atoms with Crippen LogP contribution in [0.3, 0.4) is 0 Å². The Morgan fingerprint density at radius 3 is 3.00 bits per heavy atom. The molecule has 6 heteroatoms. The molecule has 0 aliphatic rings. The second kappa shape index (κ2) is 4.95. The minimum Gasteiger partial charge on any atom is -0.306 e. The highest BCUT2D eigenvalue weighted by Crippen LogP contribution is 2.24. The van der Waals surface area contributed by atoms with Gasteiger partial charge in [0.2, 0.25) is 0 Å². The summed E-state index contributed by atoms with van der Waals surface area (Å²) in [7, 11) is 0. The van der Waals surface area contributed by atoms with E-state index in [1.54, 1.807) is 24.3 Å². The van der Waals surface area contributed by atoms with Gasteiger partial charge in [0.25, 0.3) is 5.91 Å². The number of carbonyl (C=O) groups is 1. The van der Waals surface area contributed by atoms with Gasteiger partial charge in [0, 0.05) is 10.6 Å². The van der Waals surface area contributed by atoms with Crippen LogP contribution >= 0.6 is 22.9 Å². The van der Waals surface area contributed by atoms with Crippen LogP contribution in [0.25, 0.3) is 10.2 Å². The number of hydrogen-bond acceptors (Lipinski definition) is 4. The quantitative estimate of drug-likeness (QED) is 0.784. The predicted molar refractivity (Wildman–Crippen MR) is 76.8 cm³/mol. The highest BCUT2D eigenvalue weighted by Gasteiger charge is 2.10. The van der Waals surface area contributed by atoms with Gasteiger partial charge in [-0.25, -0.2) is 9.97 Å². The average molecular weight is 290 g/mol. The molecule has 0 fully saturated rings. The van der Waals surface area contributed by atoms with E-state index in [0.29, 0.717) is 16.4 Å². The molecular formula is C13H8ClN3OS. The van der Waals surface area contributed by atoms with Crippen molar-refractivity contribution in [1.82, 2.24) is 9.97 Å². The Kier molecular flexibility index (Phi) is 3.15. The van der Waals surface area contributed by atoms with Crippen molar-refractivity contribution in [1.29, 1.82) is 0 Å². The molecule has 2 aromatic heterocycles. The molecule has 1 N–H and O–H groups in total. The van der Waals surface area contributed by atoms with Crippen molar-refractivity contribution < 1.29 is 4.79 Å². The van der Waals surface area contributed by atoms with E-state index in [-0.39, 0.29) is 5.91 Å². The Balaban J connectivity index is 1.93. The van der Waals surface area contributed by atoms with Crippen LogP contribution in [0.5, 0.6) is 0 Å². The van der Waals surface area contributed by atoms with E-state index < -0.39 is 0 Å². The van der Waals surface area contributed by atoms with Gasteiger partial charge >= 0.3 is 0 Å². The fourth-order valence-electron chi connectivity index (χ4n) is 1.70. The normalized spacial score (nSPS) is 10.6. The molecule has 0 bridgehead atoms. The lowest BCUT2D eigenvalue weighted by Crippen LogP contribution is -2.13. The molecule has 0 saturated carbocycles. The molecule has 0 atom stereocenters. The molecule has 94 valence electrons. The van der Waals surface area contributed by atoms with Crippen LogP contribution in [0.1, 0.15) is 10.4 Å². The molecule has 0 spiro atoms. The summed E-state index contributed by atoms with van der Waals surface area (Å²) in [4.78, 5) is 21.2. The zero-order chi connectivity index (χ0) is 13.2. The minimum absolute atomic E-state index is 0.242. The maximum Gasteiger partial charge on any atom is 0.256 e. The van der Waals surface area contributed by atoms with Gasteiger partial charge in [-0.1, -0.05) is 17.7 Å². The molecule has 2 heterocycles. The molecule has 19 heavy (non-hydrogen) atoms. The monoisotopic (exact) mass is 289 g/mol. The Hall–Kier alpha value is -1.98. The van der Waals surface area contributed by atoms with E-state index in [4.69, 9.17) is 11.6 Å². The number of halogens is 1. The van der Waals surface area contributed by atoms with Gasteiger partial charge in [-0.2, -0.15) is 0 Å². The van der Waals surface area contributed by atoms with Crippen LogP contribution in [-0.2, 0) is 0 Å². The Labute approximate surface area is 118 Å². The lowest BCUT2D eigenvalue weighted by atomic mass is 10.2. The summed E-state index contributed by atoms with van der Waals surface area (Å²) in [6, 6.07) is 8.65. The number of benzene rings is 1. The van der Waals surface area contributed by atoms with Crippen molar-refractivity contribution >= 4 is 44.9 Å². The molecule has 4 nitrogen and oxygen atoms in total. The van der Waals surface area contributed by atoms with E-state index in [1.165, 1.54) is 17.7 Å². The van der Waals surface area contributed by atoms with E-state index >= 15 is 0 Å². The summed E-state index contributed by atoms with van der Waals surface area (Å²) in [6.07, 6.45) is 1.44. The third-order valence-electron chi connectivity index (χ3n) is 2.58. The van der Waals surface area contributed by atoms with E-state index in [2.05, 4.69) is 15.3 Å². The number of nitrogens with zero attached hydrogens (tertiary/aromatic N) is 2. The number of hydrogen-bond donors (Lipinski definition) is 1. The van der Waals surface area contributed by atoms with Crippen molar-refractivity contribution in [2.75, 3.05) is 5.32 Å². The first-order valence-corrected chi connectivity index (χ1v) is 6.75. The molecule has 3 rings (SSSR count). The van der Waals surface area contributed by atoms with E-state index in [1.807, 2.05) is 11.4 Å². The van der Waals surface area contributed by atoms with Crippen LogP contribution in [-0.4, -0.2) is 15.9 Å². The van der Waals surface area contributed by atoms with Crippen LogP contribution in [0.2, 0.25) is 5.02 Å². The number of anilines is 1. The van der Waals surface area contributed by atoms with Crippen LogP contribution in [0.15, 0.2) is 42.0 Å². The average Bonchev–Trinajstić information content (AvgIpc) is 2.88. The number of nitrogens with one attached hydrogen (secondary N) is 1. The second-order valence-electron chi connectivity index (χ2n) is 3.83. The molecule has 0 aliphatic heterocycles. The molecule has 3 aromatic rings. The van der Waals surface area contributed by atoms with E-state index in [9.17, 15) is 4.79 Å². The van der Waals surface area contributed by atoms with Crippen LogP contribution in [0, 0.1) is 0 Å². The first kappa shape index (κ1) is 12.1. The number of aromatic nitrogens is 2. The molecular weight excluding hydrogens is 282 g/mol. The van der Waals surface area contributed by atoms with Gasteiger partial charge in [0.1, 0.15) is 17.0 Å². The Bertz CT molecular complexity index is 756. The summed E-state index contributed by atoms with van der Waals surface area (Å²) >= 11 is 7.37. The fourth-order valence-corrected chi connectivity index (χ4v) is 2.62. The molecule has 0 saturated heterocycles. The number of amides is 1. The van der Waals surface area contributed by atoms with Crippen molar-refractivity contribution in [2.45, 2.75) is 0 Å². The highest BCUT2D eigenvalue weighted by molar-refractivity contribution is 7.16. The molecule has 0 aliphatic carbocycles. The summed E-state index contributed by atoms with van der Waals surface area (Å²) in [5.41, 5.74) is 0.495. The lowest BCUT2D eigenvalue weighted by molar-refractivity contribution is 0.102. The Morgan fingerprint density at radius 1 is 1.26 bits per heavy atom. The summed E-state index contributed by atoms with van der Waals surface area (Å²) < 4.78 is 0. The summed E-state index contributed by atoms with van der Waals surface area (Å²) in [6.45, 7) is 0. The van der Waals surface area contributed by atoms with Gasteiger partial charge in [0.15, 0.2) is 0 Å². The van der Waals surface area contributed by atoms with Crippen LogP contribution in [0.4, 0.5) is 5.82 Å². The number of rotatable bonds is 2. The molecule has 0 radical (unpaired) electrons. The fraction of sp³-hybridized carbons (Fsp3) is 0. The standard InChI is InChI=1S/C13H8ClN3OS/c14-9-3-1-2-8(6-9)12(18)17-11-10-4-5-19-13(10)16-7-15-11/h1-7H,(H,15,16,17,18). The largest absolute Gasteiger partial charge is 0.306 e. The van der Waals surface area contributed by atoms with Crippen LogP contribution < -0.4 is 5.32 Å². The smallest absolute Gasteiger partial charge is 0.256 e. The molecule has 0 unspecified atom stereocenters. The number of carbonyl (C=O) groups excluding carboxylic acids is 1. The summed E-state index contributed by atoms with van der Waals surface area (Å²) in [5, 5.41) is 6.04.